The summed E-state index contributed by atoms with van der Waals surface area (Å²) in [7, 11) is -1.18. The summed E-state index contributed by atoms with van der Waals surface area (Å²) in [5.74, 6) is 0.958. The van der Waals surface area contributed by atoms with E-state index in [2.05, 4.69) is 119 Å². The van der Waals surface area contributed by atoms with E-state index in [1.54, 1.807) is 30.0 Å². The number of nitriles is 1. The zero-order chi connectivity index (χ0) is 35.9. The highest BCUT2D eigenvalue weighted by Crippen LogP contribution is 2.37. The summed E-state index contributed by atoms with van der Waals surface area (Å²) in [4.78, 5) is 20.8. The first-order valence-electron chi connectivity index (χ1n) is 16.5. The van der Waals surface area contributed by atoms with E-state index >= 15 is 0 Å². The normalized spacial score (nSPS) is 12.3. The van der Waals surface area contributed by atoms with Gasteiger partial charge in [-0.3, -0.25) is 10.00 Å². The molecule has 0 unspecified atom stereocenters. The second kappa shape index (κ2) is 15.8. The summed E-state index contributed by atoms with van der Waals surface area (Å²) in [6.45, 7) is 9.64. The van der Waals surface area contributed by atoms with Crippen molar-refractivity contribution >= 4 is 63.5 Å². The van der Waals surface area contributed by atoms with E-state index in [1.807, 2.05) is 12.1 Å². The SMILES string of the molecule is CCC[C@@H](CCO[Si](c1ccccc1)(c1ccccc1)C(C)(C)C)Nc1nc(NC(=O)O)nc2c(Br)nn(Cc3cc(C#N)ccc3OC)c12. The predicted molar refractivity (Wildman–Crippen MR) is 202 cm³/mol. The number of nitrogens with one attached hydrogen (secondary N) is 2. The van der Waals surface area contributed by atoms with Crippen molar-refractivity contribution in [2.24, 2.45) is 0 Å². The van der Waals surface area contributed by atoms with Crippen LogP contribution < -0.4 is 25.7 Å². The van der Waals surface area contributed by atoms with Crippen molar-refractivity contribution < 1.29 is 19.1 Å². The van der Waals surface area contributed by atoms with Crippen molar-refractivity contribution in [1.29, 1.82) is 5.26 Å². The highest BCUT2D eigenvalue weighted by atomic mass is 79.9. The molecule has 260 valence electrons. The molecule has 0 fully saturated rings. The molecule has 3 aromatic carbocycles. The monoisotopic (exact) mass is 755 g/mol. The number of nitrogens with zero attached hydrogens (tertiary/aromatic N) is 5. The number of carboxylic acid groups (broad SMARTS) is 1. The lowest BCUT2D eigenvalue weighted by molar-refractivity contribution is 0.209. The van der Waals surface area contributed by atoms with Gasteiger partial charge in [0.2, 0.25) is 5.95 Å². The highest BCUT2D eigenvalue weighted by molar-refractivity contribution is 9.10. The van der Waals surface area contributed by atoms with Gasteiger partial charge in [0, 0.05) is 18.2 Å². The van der Waals surface area contributed by atoms with Crippen molar-refractivity contribution in [2.75, 3.05) is 24.4 Å². The van der Waals surface area contributed by atoms with Crippen LogP contribution >= 0.6 is 15.9 Å². The number of halogens is 1. The molecule has 0 radical (unpaired) electrons. The summed E-state index contributed by atoms with van der Waals surface area (Å²) < 4.78 is 14.9. The fourth-order valence-corrected chi connectivity index (χ4v) is 11.5. The quantitative estimate of drug-likeness (QED) is 0.101. The van der Waals surface area contributed by atoms with Crippen LogP contribution in [0.1, 0.15) is 58.1 Å². The molecule has 1 atom stereocenters. The Hall–Kier alpha value is -4.77. The average molecular weight is 757 g/mol. The second-order valence-corrected chi connectivity index (χ2v) is 18.1. The molecule has 11 nitrogen and oxygen atoms in total. The Bertz CT molecular complexity index is 1940. The lowest BCUT2D eigenvalue weighted by Crippen LogP contribution is -2.66. The van der Waals surface area contributed by atoms with Gasteiger partial charge in [-0.2, -0.15) is 15.3 Å². The van der Waals surface area contributed by atoms with Crippen LogP contribution in [-0.4, -0.2) is 59.0 Å². The van der Waals surface area contributed by atoms with E-state index in [0.717, 1.165) is 18.4 Å². The molecule has 50 heavy (non-hydrogen) atoms. The number of ether oxygens (including phenoxy) is 1. The molecular weight excluding hydrogens is 714 g/mol. The number of hydrogen-bond acceptors (Lipinski definition) is 8. The van der Waals surface area contributed by atoms with Gasteiger partial charge in [0.05, 0.1) is 25.3 Å². The molecule has 0 spiro atoms. The minimum Gasteiger partial charge on any atom is -0.496 e. The molecule has 0 aliphatic carbocycles. The predicted octanol–water partition coefficient (Wildman–Crippen LogP) is 7.15. The van der Waals surface area contributed by atoms with Gasteiger partial charge in [-0.25, -0.2) is 9.78 Å². The third kappa shape index (κ3) is 7.83. The largest absolute Gasteiger partial charge is 0.496 e. The van der Waals surface area contributed by atoms with Gasteiger partial charge >= 0.3 is 6.09 Å². The molecular formula is C37H42BrN7O4Si. The van der Waals surface area contributed by atoms with Crippen molar-refractivity contribution in [3.63, 3.8) is 0 Å². The molecule has 0 aliphatic heterocycles. The lowest BCUT2D eigenvalue weighted by Gasteiger charge is -2.43. The number of aromatic nitrogens is 4. The molecule has 5 aromatic rings. The van der Waals surface area contributed by atoms with Crippen LogP contribution in [0.5, 0.6) is 5.75 Å². The molecule has 0 saturated heterocycles. The van der Waals surface area contributed by atoms with E-state index in [4.69, 9.17) is 14.3 Å². The van der Waals surface area contributed by atoms with Crippen LogP contribution in [0.25, 0.3) is 11.0 Å². The topological polar surface area (TPSA) is 147 Å². The van der Waals surface area contributed by atoms with Crippen LogP contribution in [0.3, 0.4) is 0 Å². The summed E-state index contributed by atoms with van der Waals surface area (Å²) >= 11 is 3.53. The molecule has 0 aliphatic rings. The van der Waals surface area contributed by atoms with E-state index in [1.165, 1.54) is 10.4 Å². The molecule has 2 aromatic heterocycles. The number of benzene rings is 3. The molecule has 13 heteroatoms. The second-order valence-electron chi connectivity index (χ2n) is 13.0. The summed E-state index contributed by atoms with van der Waals surface area (Å²) in [5, 5.41) is 31.9. The minimum absolute atomic E-state index is 0.0735. The fourth-order valence-electron chi connectivity index (χ4n) is 6.49. The number of anilines is 2. The minimum atomic E-state index is -2.75. The van der Waals surface area contributed by atoms with Gasteiger partial charge in [0.1, 0.15) is 16.8 Å². The summed E-state index contributed by atoms with van der Waals surface area (Å²) in [5.41, 5.74) is 2.24. The van der Waals surface area contributed by atoms with Crippen molar-refractivity contribution in [3.8, 4) is 11.8 Å². The van der Waals surface area contributed by atoms with Crippen LogP contribution in [0.4, 0.5) is 16.6 Å². The van der Waals surface area contributed by atoms with Crippen molar-refractivity contribution in [2.45, 2.75) is 64.6 Å². The Morgan fingerprint density at radius 1 is 1.04 bits per heavy atom. The Kier molecular flexibility index (Phi) is 11.6. The van der Waals surface area contributed by atoms with Gasteiger partial charge < -0.3 is 19.6 Å². The molecule has 0 saturated carbocycles. The number of methoxy groups -OCH3 is 1. The first kappa shape index (κ1) is 36.5. The molecule has 5 rings (SSSR count). The smallest absolute Gasteiger partial charge is 0.411 e. The van der Waals surface area contributed by atoms with Crippen molar-refractivity contribution in [1.82, 2.24) is 19.7 Å². The maximum atomic E-state index is 11.7. The number of rotatable bonds is 14. The zero-order valence-corrected chi connectivity index (χ0v) is 31.5. The van der Waals surface area contributed by atoms with E-state index < -0.39 is 14.4 Å². The molecule has 0 bridgehead atoms. The lowest BCUT2D eigenvalue weighted by atomic mass is 10.1. The average Bonchev–Trinajstić information content (AvgIpc) is 3.40. The first-order valence-corrected chi connectivity index (χ1v) is 19.2. The van der Waals surface area contributed by atoms with Crippen LogP contribution in [0, 0.1) is 11.3 Å². The van der Waals surface area contributed by atoms with Crippen LogP contribution in [0.2, 0.25) is 5.04 Å². The van der Waals surface area contributed by atoms with Gasteiger partial charge in [0.25, 0.3) is 8.32 Å². The maximum absolute atomic E-state index is 11.7. The molecule has 1 amide bonds. The number of hydrogen-bond donors (Lipinski definition) is 3. The number of fused-ring (bicyclic) bond motifs is 1. The molecule has 3 N–H and O–H groups in total. The maximum Gasteiger partial charge on any atom is 0.411 e. The fraction of sp³-hybridized carbons (Fsp3) is 0.324. The first-order chi connectivity index (χ1) is 24.0. The van der Waals surface area contributed by atoms with Crippen molar-refractivity contribution in [3.05, 3.63) is 94.6 Å². The third-order valence-electron chi connectivity index (χ3n) is 8.67. The number of carbonyl (C=O) groups is 1. The zero-order valence-electron chi connectivity index (χ0n) is 28.9. The summed E-state index contributed by atoms with van der Waals surface area (Å²) in [6.07, 6.45) is 1.09. The number of amides is 1. The van der Waals surface area contributed by atoms with E-state index in [-0.39, 0.29) is 23.6 Å². The Morgan fingerprint density at radius 2 is 1.70 bits per heavy atom. The standard InChI is InChI=1S/C37H42BrN7O4Si/c1-6-13-27(20-21-49-50(37(2,3)4,28-14-9-7-10-15-28)29-16-11-8-12-17-29)40-34-32-31(41-35(42-34)43-36(46)47)33(38)44-45(32)24-26-22-25(23-39)18-19-30(26)48-5/h7-12,14-19,22,27H,6,13,20-21,24H2,1-5H3,(H,46,47)(H2,40,41,42,43)/t27-/m0/s1. The van der Waals surface area contributed by atoms with Gasteiger partial charge in [-0.1, -0.05) is 94.8 Å². The van der Waals surface area contributed by atoms with E-state index in [0.29, 0.717) is 45.8 Å². The molecule has 2 heterocycles. The highest BCUT2D eigenvalue weighted by Gasteiger charge is 2.50. The third-order valence-corrected chi connectivity index (χ3v) is 14.3. The van der Waals surface area contributed by atoms with Gasteiger partial charge in [-0.15, -0.1) is 0 Å². The van der Waals surface area contributed by atoms with Crippen LogP contribution in [-0.2, 0) is 11.0 Å². The van der Waals surface area contributed by atoms with E-state index in [9.17, 15) is 15.2 Å². The Labute approximate surface area is 301 Å². The Balaban J connectivity index is 1.52. The van der Waals surface area contributed by atoms with Crippen LogP contribution in [0.15, 0.2) is 83.5 Å². The van der Waals surface area contributed by atoms with Gasteiger partial charge in [-0.05, 0) is 62.4 Å². The summed E-state index contributed by atoms with van der Waals surface area (Å²) in [6, 6.07) is 28.4. The Morgan fingerprint density at radius 3 is 2.26 bits per heavy atom. The van der Waals surface area contributed by atoms with Gasteiger partial charge in [0.15, 0.2) is 10.4 Å².